The third-order valence-electron chi connectivity index (χ3n) is 1.36. The molecule has 0 atom stereocenters. The third-order valence-corrected chi connectivity index (χ3v) is 1.36. The highest BCUT2D eigenvalue weighted by Crippen LogP contribution is 2.36. The number of nitroso groups, excluding NO2 is 1. The monoisotopic (exact) mass is 193 g/mol. The number of hydrogen-bond acceptors (Lipinski definition) is 2. The quantitative estimate of drug-likeness (QED) is 0.497. The van der Waals surface area contributed by atoms with Crippen LogP contribution in [-0.4, -0.2) is 0 Å². The van der Waals surface area contributed by atoms with Crippen molar-refractivity contribution in [1.29, 1.82) is 0 Å². The lowest BCUT2D eigenvalue weighted by molar-refractivity contribution is -0.137. The summed E-state index contributed by atoms with van der Waals surface area (Å²) in [6.45, 7) is 0. The van der Waals surface area contributed by atoms with Gasteiger partial charge in [-0.15, -0.1) is 4.91 Å². The highest BCUT2D eigenvalue weighted by Gasteiger charge is 2.34. The van der Waals surface area contributed by atoms with E-state index in [2.05, 4.69) is 5.18 Å². The number of halogens is 4. The summed E-state index contributed by atoms with van der Waals surface area (Å²) in [5.74, 6) is -1.06. The molecule has 0 spiro atoms. The van der Waals surface area contributed by atoms with E-state index >= 15 is 0 Å². The van der Waals surface area contributed by atoms with E-state index < -0.39 is 23.2 Å². The number of alkyl halides is 3. The summed E-state index contributed by atoms with van der Waals surface area (Å²) in [5.41, 5.74) is -2.17. The molecule has 1 aromatic carbocycles. The Balaban J connectivity index is 3.32. The predicted molar refractivity (Wildman–Crippen MR) is 36.9 cm³/mol. The van der Waals surface area contributed by atoms with Gasteiger partial charge in [0.05, 0.1) is 5.56 Å². The molecule has 0 amide bonds. The summed E-state index contributed by atoms with van der Waals surface area (Å²) in [4.78, 5) is 9.91. The molecule has 0 aliphatic heterocycles. The lowest BCUT2D eigenvalue weighted by Crippen LogP contribution is -2.05. The molecule has 1 aromatic rings. The zero-order valence-corrected chi connectivity index (χ0v) is 6.10. The molecule has 0 saturated heterocycles. The van der Waals surface area contributed by atoms with Crippen molar-refractivity contribution in [3.8, 4) is 0 Å². The zero-order chi connectivity index (χ0) is 10.1. The molecule has 6 heteroatoms. The van der Waals surface area contributed by atoms with Crippen LogP contribution in [0.4, 0.5) is 23.2 Å². The van der Waals surface area contributed by atoms with Crippen LogP contribution in [0.3, 0.4) is 0 Å². The molecule has 0 saturated carbocycles. The Morgan fingerprint density at radius 2 is 1.85 bits per heavy atom. The van der Waals surface area contributed by atoms with Gasteiger partial charge in [0.25, 0.3) is 0 Å². The van der Waals surface area contributed by atoms with E-state index in [-0.39, 0.29) is 6.07 Å². The molecule has 0 N–H and O–H groups in total. The van der Waals surface area contributed by atoms with Gasteiger partial charge in [-0.1, -0.05) is 0 Å². The maximum atomic E-state index is 12.4. The molecule has 0 aromatic heterocycles. The van der Waals surface area contributed by atoms with Gasteiger partial charge in [-0.05, 0) is 23.4 Å². The first-order chi connectivity index (χ1) is 5.95. The maximum Gasteiger partial charge on any atom is 0.418 e. The van der Waals surface area contributed by atoms with Crippen LogP contribution in [-0.2, 0) is 6.18 Å². The standard InChI is InChI=1S/C7H3F4NO/c8-4-1-2-6(12-13)5(3-4)7(9,10)11/h1-3H. The molecule has 0 aliphatic carbocycles. The van der Waals surface area contributed by atoms with Crippen molar-refractivity contribution in [2.45, 2.75) is 6.18 Å². The van der Waals surface area contributed by atoms with Crippen LogP contribution in [0, 0.1) is 10.7 Å². The molecule has 0 aliphatic rings. The summed E-state index contributed by atoms with van der Waals surface area (Å²) >= 11 is 0. The average Bonchev–Trinajstić information content (AvgIpc) is 2.03. The van der Waals surface area contributed by atoms with Gasteiger partial charge in [0.2, 0.25) is 0 Å². The van der Waals surface area contributed by atoms with E-state index in [1.54, 1.807) is 0 Å². The van der Waals surface area contributed by atoms with Gasteiger partial charge in [0.1, 0.15) is 11.5 Å². The minimum absolute atomic E-state index is 0.233. The number of nitrogens with zero attached hydrogens (tertiary/aromatic N) is 1. The number of rotatable bonds is 1. The molecule has 0 bridgehead atoms. The fourth-order valence-corrected chi connectivity index (χ4v) is 0.815. The predicted octanol–water partition coefficient (Wildman–Crippen LogP) is 3.24. The van der Waals surface area contributed by atoms with Crippen molar-refractivity contribution in [3.05, 3.63) is 34.5 Å². The van der Waals surface area contributed by atoms with Gasteiger partial charge in [0, 0.05) is 0 Å². The third kappa shape index (κ3) is 2.01. The van der Waals surface area contributed by atoms with Gasteiger partial charge in [-0.3, -0.25) is 0 Å². The summed E-state index contributed by atoms with van der Waals surface area (Å²) in [7, 11) is 0. The normalized spacial score (nSPS) is 11.4. The largest absolute Gasteiger partial charge is 0.418 e. The van der Waals surface area contributed by atoms with Crippen LogP contribution < -0.4 is 0 Å². The Morgan fingerprint density at radius 3 is 2.31 bits per heavy atom. The lowest BCUT2D eigenvalue weighted by Gasteiger charge is -2.07. The van der Waals surface area contributed by atoms with E-state index in [4.69, 9.17) is 0 Å². The van der Waals surface area contributed by atoms with Crippen LogP contribution in [0.2, 0.25) is 0 Å². The molecule has 0 radical (unpaired) electrons. The second-order valence-corrected chi connectivity index (χ2v) is 2.25. The number of hydrogen-bond donors (Lipinski definition) is 0. The van der Waals surface area contributed by atoms with E-state index in [9.17, 15) is 22.5 Å². The zero-order valence-electron chi connectivity index (χ0n) is 6.10. The van der Waals surface area contributed by atoms with E-state index in [1.807, 2.05) is 0 Å². The van der Waals surface area contributed by atoms with Crippen LogP contribution >= 0.6 is 0 Å². The molecule has 70 valence electrons. The second-order valence-electron chi connectivity index (χ2n) is 2.25. The lowest BCUT2D eigenvalue weighted by atomic mass is 10.2. The van der Waals surface area contributed by atoms with Crippen LogP contribution in [0.1, 0.15) is 5.56 Å². The van der Waals surface area contributed by atoms with E-state index in [0.29, 0.717) is 6.07 Å². The van der Waals surface area contributed by atoms with Gasteiger partial charge < -0.3 is 0 Å². The highest BCUT2D eigenvalue weighted by atomic mass is 19.4. The SMILES string of the molecule is O=Nc1ccc(F)cc1C(F)(F)F. The highest BCUT2D eigenvalue weighted by molar-refractivity contribution is 5.47. The van der Waals surface area contributed by atoms with Crippen LogP contribution in [0.15, 0.2) is 23.4 Å². The van der Waals surface area contributed by atoms with Crippen molar-refractivity contribution >= 4 is 5.69 Å². The van der Waals surface area contributed by atoms with Crippen molar-refractivity contribution in [2.24, 2.45) is 5.18 Å². The smallest absolute Gasteiger partial charge is 0.207 e. The first-order valence-electron chi connectivity index (χ1n) is 3.15. The van der Waals surface area contributed by atoms with Crippen LogP contribution in [0.5, 0.6) is 0 Å². The van der Waals surface area contributed by atoms with Crippen molar-refractivity contribution in [1.82, 2.24) is 0 Å². The second kappa shape index (κ2) is 3.12. The Labute approximate surface area is 70.2 Å². The summed E-state index contributed by atoms with van der Waals surface area (Å²) in [6.07, 6.45) is -4.76. The molecular weight excluding hydrogens is 190 g/mol. The minimum Gasteiger partial charge on any atom is -0.207 e. The average molecular weight is 193 g/mol. The first-order valence-corrected chi connectivity index (χ1v) is 3.15. The summed E-state index contributed by atoms with van der Waals surface area (Å²) in [6, 6.07) is 1.66. The molecule has 2 nitrogen and oxygen atoms in total. The Hall–Kier alpha value is -1.46. The van der Waals surface area contributed by atoms with E-state index in [0.717, 1.165) is 6.07 Å². The topological polar surface area (TPSA) is 29.4 Å². The number of benzene rings is 1. The fraction of sp³-hybridized carbons (Fsp3) is 0.143. The van der Waals surface area contributed by atoms with Crippen molar-refractivity contribution < 1.29 is 17.6 Å². The molecular formula is C7H3F4NO. The Morgan fingerprint density at radius 1 is 1.23 bits per heavy atom. The minimum atomic E-state index is -4.76. The van der Waals surface area contributed by atoms with Gasteiger partial charge >= 0.3 is 6.18 Å². The summed E-state index contributed by atoms with van der Waals surface area (Å²) < 4.78 is 48.5. The molecule has 0 heterocycles. The van der Waals surface area contributed by atoms with E-state index in [1.165, 1.54) is 0 Å². The first kappa shape index (κ1) is 9.63. The van der Waals surface area contributed by atoms with Gasteiger partial charge in [-0.2, -0.15) is 13.2 Å². The van der Waals surface area contributed by atoms with Crippen molar-refractivity contribution in [3.63, 3.8) is 0 Å². The maximum absolute atomic E-state index is 12.4. The van der Waals surface area contributed by atoms with Crippen LogP contribution in [0.25, 0.3) is 0 Å². The Kier molecular flexibility index (Phi) is 2.31. The molecule has 0 fully saturated rings. The summed E-state index contributed by atoms with van der Waals surface area (Å²) in [5, 5.41) is 2.14. The Bertz CT molecular complexity index is 334. The van der Waals surface area contributed by atoms with Gasteiger partial charge in [0.15, 0.2) is 0 Å². The van der Waals surface area contributed by atoms with Crippen molar-refractivity contribution in [2.75, 3.05) is 0 Å². The molecule has 13 heavy (non-hydrogen) atoms. The molecule has 0 unspecified atom stereocenters. The fourth-order valence-electron chi connectivity index (χ4n) is 0.815. The molecule has 1 rings (SSSR count). The van der Waals surface area contributed by atoms with Gasteiger partial charge in [-0.25, -0.2) is 4.39 Å².